The third-order valence-electron chi connectivity index (χ3n) is 2.55. The van der Waals surface area contributed by atoms with Crippen LogP contribution in [0.4, 0.5) is 0 Å². The molecule has 0 radical (unpaired) electrons. The van der Waals surface area contributed by atoms with Crippen LogP contribution in [0.1, 0.15) is 11.5 Å². The van der Waals surface area contributed by atoms with E-state index in [0.29, 0.717) is 0 Å². The van der Waals surface area contributed by atoms with Crippen molar-refractivity contribution in [2.24, 2.45) is 0 Å². The average Bonchev–Trinajstić information content (AvgIpc) is 2.69. The highest BCUT2D eigenvalue weighted by atomic mass is 32.2. The van der Waals surface area contributed by atoms with Crippen molar-refractivity contribution in [3.63, 3.8) is 0 Å². The molecule has 0 aliphatic rings. The van der Waals surface area contributed by atoms with Gasteiger partial charge in [-0.05, 0) is 24.8 Å². The summed E-state index contributed by atoms with van der Waals surface area (Å²) in [5.74, 6) is 3.21. The zero-order valence-electron chi connectivity index (χ0n) is 9.69. The fourth-order valence-corrected chi connectivity index (χ4v) is 2.19. The molecule has 0 spiro atoms. The van der Waals surface area contributed by atoms with Gasteiger partial charge in [-0.25, -0.2) is 0 Å². The summed E-state index contributed by atoms with van der Waals surface area (Å²) in [4.78, 5) is 0. The molecule has 0 unspecified atom stereocenters. The largest absolute Gasteiger partial charge is 0.466 e. The molecule has 0 bridgehead atoms. The number of aryl methyl sites for hydroxylation is 2. The molecule has 0 amide bonds. The van der Waals surface area contributed by atoms with Gasteiger partial charge in [-0.15, -0.1) is 0 Å². The average molecular weight is 232 g/mol. The molecule has 84 valence electrons. The highest BCUT2D eigenvalue weighted by Gasteiger charge is 2.10. The van der Waals surface area contributed by atoms with Crippen LogP contribution in [-0.2, 0) is 6.42 Å². The normalized spacial score (nSPS) is 10.6. The van der Waals surface area contributed by atoms with Crippen LogP contribution >= 0.6 is 11.8 Å². The number of furan rings is 1. The van der Waals surface area contributed by atoms with Crippen LogP contribution in [-0.4, -0.2) is 12.0 Å². The summed E-state index contributed by atoms with van der Waals surface area (Å²) < 4.78 is 5.76. The first-order valence-corrected chi connectivity index (χ1v) is 6.84. The minimum atomic E-state index is 0.995. The van der Waals surface area contributed by atoms with Crippen LogP contribution < -0.4 is 0 Å². The molecule has 1 heterocycles. The smallest absolute Gasteiger partial charge is 0.112 e. The van der Waals surface area contributed by atoms with Gasteiger partial charge in [-0.2, -0.15) is 11.8 Å². The molecule has 0 N–H and O–H groups in total. The Hall–Kier alpha value is -1.15. The molecule has 0 atom stereocenters. The van der Waals surface area contributed by atoms with Crippen LogP contribution in [0.3, 0.4) is 0 Å². The van der Waals surface area contributed by atoms with Gasteiger partial charge in [-0.1, -0.05) is 30.3 Å². The molecule has 1 aromatic heterocycles. The molecule has 1 aromatic carbocycles. The second kappa shape index (κ2) is 5.26. The van der Waals surface area contributed by atoms with Crippen molar-refractivity contribution in [1.29, 1.82) is 0 Å². The topological polar surface area (TPSA) is 13.1 Å². The summed E-state index contributed by atoms with van der Waals surface area (Å²) >= 11 is 1.85. The Labute approximate surface area is 101 Å². The van der Waals surface area contributed by atoms with Crippen molar-refractivity contribution in [1.82, 2.24) is 0 Å². The van der Waals surface area contributed by atoms with Crippen LogP contribution in [0, 0.1) is 6.92 Å². The van der Waals surface area contributed by atoms with E-state index in [9.17, 15) is 0 Å². The second-order valence-corrected chi connectivity index (χ2v) is 4.79. The number of benzene rings is 1. The van der Waals surface area contributed by atoms with Gasteiger partial charge in [0.15, 0.2) is 0 Å². The first kappa shape index (κ1) is 11.3. The molecule has 0 aliphatic heterocycles. The summed E-state index contributed by atoms with van der Waals surface area (Å²) in [7, 11) is 0. The number of thioether (sulfide) groups is 1. The standard InChI is InChI=1S/C14H16OS/c1-11-10-13(12-6-4-3-5-7-12)14(15-11)8-9-16-2/h3-7,10H,8-9H2,1-2H3. The van der Waals surface area contributed by atoms with E-state index in [1.165, 1.54) is 11.1 Å². The van der Waals surface area contributed by atoms with Gasteiger partial charge in [0.25, 0.3) is 0 Å². The quantitative estimate of drug-likeness (QED) is 0.785. The first-order valence-electron chi connectivity index (χ1n) is 5.45. The monoisotopic (exact) mass is 232 g/mol. The van der Waals surface area contributed by atoms with Crippen molar-refractivity contribution >= 4 is 11.8 Å². The van der Waals surface area contributed by atoms with Crippen molar-refractivity contribution in [2.45, 2.75) is 13.3 Å². The van der Waals surface area contributed by atoms with E-state index in [1.807, 2.05) is 24.8 Å². The third-order valence-corrected chi connectivity index (χ3v) is 3.16. The second-order valence-electron chi connectivity index (χ2n) is 3.80. The number of hydrogen-bond donors (Lipinski definition) is 0. The lowest BCUT2D eigenvalue weighted by Gasteiger charge is -2.01. The Morgan fingerprint density at radius 2 is 1.94 bits per heavy atom. The van der Waals surface area contributed by atoms with Crippen molar-refractivity contribution < 1.29 is 4.42 Å². The molecule has 0 aliphatic carbocycles. The molecular formula is C14H16OS. The van der Waals surface area contributed by atoms with Crippen molar-refractivity contribution in [3.05, 3.63) is 47.9 Å². The lowest BCUT2D eigenvalue weighted by atomic mass is 10.1. The van der Waals surface area contributed by atoms with Gasteiger partial charge in [0.2, 0.25) is 0 Å². The molecule has 0 saturated heterocycles. The van der Waals surface area contributed by atoms with E-state index < -0.39 is 0 Å². The van der Waals surface area contributed by atoms with Gasteiger partial charge in [-0.3, -0.25) is 0 Å². The zero-order chi connectivity index (χ0) is 11.4. The van der Waals surface area contributed by atoms with Crippen molar-refractivity contribution in [3.8, 4) is 11.1 Å². The molecule has 2 rings (SSSR count). The maximum absolute atomic E-state index is 5.76. The molecule has 0 fully saturated rings. The Kier molecular flexibility index (Phi) is 3.73. The first-order chi connectivity index (χ1) is 7.81. The minimum Gasteiger partial charge on any atom is -0.466 e. The van der Waals surface area contributed by atoms with Gasteiger partial charge in [0.05, 0.1) is 0 Å². The lowest BCUT2D eigenvalue weighted by Crippen LogP contribution is -1.88. The summed E-state index contributed by atoms with van der Waals surface area (Å²) in [6, 6.07) is 12.6. The van der Waals surface area contributed by atoms with Gasteiger partial charge in [0.1, 0.15) is 11.5 Å². The molecule has 2 heteroatoms. The van der Waals surface area contributed by atoms with Gasteiger partial charge < -0.3 is 4.42 Å². The molecule has 1 nitrogen and oxygen atoms in total. The Balaban J connectivity index is 2.33. The third kappa shape index (κ3) is 2.50. The van der Waals surface area contributed by atoms with Crippen molar-refractivity contribution in [2.75, 3.05) is 12.0 Å². The number of rotatable bonds is 4. The molecule has 16 heavy (non-hydrogen) atoms. The van der Waals surface area contributed by atoms with Gasteiger partial charge >= 0.3 is 0 Å². The van der Waals surface area contributed by atoms with E-state index in [4.69, 9.17) is 4.42 Å². The summed E-state index contributed by atoms with van der Waals surface area (Å²) in [6.45, 7) is 2.01. The Bertz CT molecular complexity index is 445. The lowest BCUT2D eigenvalue weighted by molar-refractivity contribution is 0.491. The fraction of sp³-hybridized carbons (Fsp3) is 0.286. The fourth-order valence-electron chi connectivity index (χ4n) is 1.81. The van der Waals surface area contributed by atoms with E-state index in [2.05, 4.69) is 36.6 Å². The highest BCUT2D eigenvalue weighted by Crippen LogP contribution is 2.27. The summed E-state index contributed by atoms with van der Waals surface area (Å²) in [6.07, 6.45) is 3.12. The predicted molar refractivity (Wildman–Crippen MR) is 71.0 cm³/mol. The molecule has 0 saturated carbocycles. The predicted octanol–water partition coefficient (Wildman–Crippen LogP) is 4.16. The minimum absolute atomic E-state index is 0.995. The Morgan fingerprint density at radius 3 is 2.62 bits per heavy atom. The summed E-state index contributed by atoms with van der Waals surface area (Å²) in [5.41, 5.74) is 2.49. The van der Waals surface area contributed by atoms with E-state index >= 15 is 0 Å². The highest BCUT2D eigenvalue weighted by molar-refractivity contribution is 7.98. The zero-order valence-corrected chi connectivity index (χ0v) is 10.5. The maximum atomic E-state index is 5.76. The van der Waals surface area contributed by atoms with E-state index in [1.54, 1.807) is 0 Å². The van der Waals surface area contributed by atoms with Crippen LogP contribution in [0.15, 0.2) is 40.8 Å². The van der Waals surface area contributed by atoms with Crippen LogP contribution in [0.2, 0.25) is 0 Å². The SMILES string of the molecule is CSCCc1oc(C)cc1-c1ccccc1. The molecule has 2 aromatic rings. The van der Waals surface area contributed by atoms with Gasteiger partial charge in [0, 0.05) is 17.7 Å². The summed E-state index contributed by atoms with van der Waals surface area (Å²) in [5, 5.41) is 0. The van der Waals surface area contributed by atoms with E-state index in [0.717, 1.165) is 23.7 Å². The number of hydrogen-bond acceptors (Lipinski definition) is 2. The molecular weight excluding hydrogens is 216 g/mol. The van der Waals surface area contributed by atoms with Crippen LogP contribution in [0.25, 0.3) is 11.1 Å². The Morgan fingerprint density at radius 1 is 1.19 bits per heavy atom. The van der Waals surface area contributed by atoms with Crippen LogP contribution in [0.5, 0.6) is 0 Å². The maximum Gasteiger partial charge on any atom is 0.112 e. The van der Waals surface area contributed by atoms with E-state index in [-0.39, 0.29) is 0 Å².